The average molecular weight is 856 g/mol. The minimum absolute atomic E-state index is 0.0110. The number of aromatic nitrogens is 3. The number of anilines is 2. The van der Waals surface area contributed by atoms with E-state index in [4.69, 9.17) is 31.5 Å². The number of H-pyrrole nitrogens is 1. The minimum atomic E-state index is -4.84. The Balaban J connectivity index is 1.10. The van der Waals surface area contributed by atoms with Gasteiger partial charge in [-0.25, -0.2) is 19.1 Å². The maximum Gasteiger partial charge on any atom is 0.418 e. The third-order valence-electron chi connectivity index (χ3n) is 10.2. The Labute approximate surface area is 348 Å². The van der Waals surface area contributed by atoms with E-state index >= 15 is 0 Å². The van der Waals surface area contributed by atoms with Crippen molar-refractivity contribution >= 4 is 46.9 Å². The Morgan fingerprint density at radius 2 is 1.55 bits per heavy atom. The molecule has 2 amide bonds. The van der Waals surface area contributed by atoms with Crippen LogP contribution in [0, 0.1) is 5.41 Å². The van der Waals surface area contributed by atoms with Crippen LogP contribution in [0.5, 0.6) is 0 Å². The van der Waals surface area contributed by atoms with Crippen molar-refractivity contribution in [2.45, 2.75) is 58.4 Å². The number of amides is 2. The molecule has 0 saturated carbocycles. The van der Waals surface area contributed by atoms with Gasteiger partial charge in [-0.1, -0.05) is 41.9 Å². The van der Waals surface area contributed by atoms with Gasteiger partial charge in [0, 0.05) is 56.9 Å². The number of carbonyl (C=O) groups excluding carboxylic acids is 4. The highest BCUT2D eigenvalue weighted by atomic mass is 35.5. The summed E-state index contributed by atoms with van der Waals surface area (Å²) in [6, 6.07) is 17.4. The first-order chi connectivity index (χ1) is 28.4. The predicted octanol–water partition coefficient (Wildman–Crippen LogP) is 5.93. The van der Waals surface area contributed by atoms with Gasteiger partial charge in [0.2, 0.25) is 6.79 Å². The van der Waals surface area contributed by atoms with E-state index in [1.807, 2.05) is 35.2 Å². The maximum atomic E-state index is 14.1. The second kappa shape index (κ2) is 18.1. The fourth-order valence-corrected chi connectivity index (χ4v) is 7.09. The van der Waals surface area contributed by atoms with E-state index in [0.717, 1.165) is 17.3 Å². The molecule has 60 heavy (non-hydrogen) atoms. The van der Waals surface area contributed by atoms with Crippen LogP contribution in [-0.2, 0) is 36.4 Å². The van der Waals surface area contributed by atoms with E-state index in [1.54, 1.807) is 45.0 Å². The van der Waals surface area contributed by atoms with Crippen LogP contribution in [0.15, 0.2) is 71.5 Å². The molecule has 3 N–H and O–H groups in total. The summed E-state index contributed by atoms with van der Waals surface area (Å²) in [6.45, 7) is 5.88. The van der Waals surface area contributed by atoms with Gasteiger partial charge in [-0.2, -0.15) is 13.2 Å². The first-order valence-electron chi connectivity index (χ1n) is 19.2. The molecular weight excluding hydrogens is 811 g/mol. The maximum absolute atomic E-state index is 14.1. The van der Waals surface area contributed by atoms with E-state index < -0.39 is 71.8 Å². The number of rotatable bonds is 10. The zero-order valence-electron chi connectivity index (χ0n) is 33.2. The van der Waals surface area contributed by atoms with Crippen molar-refractivity contribution in [2.24, 2.45) is 5.41 Å². The van der Waals surface area contributed by atoms with Crippen molar-refractivity contribution in [2.75, 3.05) is 56.7 Å². The molecule has 2 fully saturated rings. The summed E-state index contributed by atoms with van der Waals surface area (Å²) in [4.78, 5) is 72.5. The first-order valence-corrected chi connectivity index (χ1v) is 19.6. The zero-order chi connectivity index (χ0) is 43.4. The lowest BCUT2D eigenvalue weighted by Crippen LogP contribution is -2.53. The van der Waals surface area contributed by atoms with Gasteiger partial charge in [-0.3, -0.25) is 14.6 Å². The smallest absolute Gasteiger partial charge is 0.418 e. The number of alkyl halides is 3. The van der Waals surface area contributed by atoms with E-state index in [1.165, 1.54) is 20.5 Å². The monoisotopic (exact) mass is 855 g/mol. The first kappa shape index (κ1) is 43.5. The lowest BCUT2D eigenvalue weighted by Gasteiger charge is -2.38. The molecule has 0 aliphatic carbocycles. The Kier molecular flexibility index (Phi) is 13.1. The van der Waals surface area contributed by atoms with Gasteiger partial charge in [0.1, 0.15) is 0 Å². The Hall–Kier alpha value is -6.04. The van der Waals surface area contributed by atoms with Gasteiger partial charge in [0.05, 0.1) is 33.3 Å². The Bertz CT molecular complexity index is 2240. The number of nitrogens with one attached hydrogen (secondary N) is 1. The van der Waals surface area contributed by atoms with Crippen molar-refractivity contribution in [3.63, 3.8) is 0 Å². The van der Waals surface area contributed by atoms with Gasteiger partial charge in [-0.15, -0.1) is 5.10 Å². The fraction of sp³-hybridized carbons (Fsp3) is 0.415. The average Bonchev–Trinajstić information content (AvgIpc) is 3.62. The summed E-state index contributed by atoms with van der Waals surface area (Å²) in [5.41, 5.74) is 4.38. The van der Waals surface area contributed by atoms with Crippen LogP contribution in [-0.4, -0.2) is 101 Å². The Morgan fingerprint density at radius 3 is 2.17 bits per heavy atom. The minimum Gasteiger partial charge on any atom is -0.436 e. The Morgan fingerprint density at radius 1 is 0.900 bits per heavy atom. The number of piperidine rings is 1. The molecule has 19 heteroatoms. The van der Waals surface area contributed by atoms with Crippen molar-refractivity contribution in [3.05, 3.63) is 98.9 Å². The molecule has 0 spiro atoms. The molecule has 0 radical (unpaired) electrons. The van der Waals surface area contributed by atoms with Crippen molar-refractivity contribution in [1.29, 1.82) is 0 Å². The lowest BCUT2D eigenvalue weighted by atomic mass is 9.98. The number of ether oxygens (including phenoxy) is 3. The highest BCUT2D eigenvalue weighted by molar-refractivity contribution is 6.33. The van der Waals surface area contributed by atoms with Crippen LogP contribution in [0.25, 0.3) is 11.4 Å². The molecule has 1 atom stereocenters. The molecule has 2 aliphatic heterocycles. The van der Waals surface area contributed by atoms with Gasteiger partial charge in [0.25, 0.3) is 5.91 Å². The molecule has 0 bridgehead atoms. The molecule has 3 heterocycles. The van der Waals surface area contributed by atoms with Crippen LogP contribution in [0.4, 0.5) is 29.3 Å². The van der Waals surface area contributed by atoms with Crippen molar-refractivity contribution in [3.8, 4) is 11.4 Å². The fourth-order valence-electron chi connectivity index (χ4n) is 6.85. The number of likely N-dealkylation sites (tertiary alicyclic amines) is 1. The van der Waals surface area contributed by atoms with Crippen molar-refractivity contribution < 1.29 is 46.6 Å². The normalized spacial score (nSPS) is 15.7. The summed E-state index contributed by atoms with van der Waals surface area (Å²) >= 11 is 6.11. The second-order valence-electron chi connectivity index (χ2n) is 15.5. The quantitative estimate of drug-likeness (QED) is 0.110. The summed E-state index contributed by atoms with van der Waals surface area (Å²) in [5, 5.41) is 4.10. The molecular formula is C41H45ClF3N7O8. The highest BCUT2D eigenvalue weighted by Crippen LogP contribution is 2.38. The summed E-state index contributed by atoms with van der Waals surface area (Å²) in [6.07, 6.45) is -6.90. The van der Waals surface area contributed by atoms with Crippen LogP contribution >= 0.6 is 11.6 Å². The molecule has 3 aromatic carbocycles. The predicted molar refractivity (Wildman–Crippen MR) is 214 cm³/mol. The van der Waals surface area contributed by atoms with Gasteiger partial charge in [-0.05, 0) is 75.6 Å². The number of nitrogens with zero attached hydrogens (tertiary/aromatic N) is 5. The molecule has 1 aromatic heterocycles. The number of nitrogen functional groups attached to an aromatic ring is 1. The summed E-state index contributed by atoms with van der Waals surface area (Å²) < 4.78 is 58.9. The largest absolute Gasteiger partial charge is 0.436 e. The van der Waals surface area contributed by atoms with E-state index in [9.17, 15) is 37.1 Å². The number of halogens is 4. The molecule has 2 aliphatic rings. The summed E-state index contributed by atoms with van der Waals surface area (Å²) in [5.74, 6) is -1.40. The van der Waals surface area contributed by atoms with E-state index in [2.05, 4.69) is 10.1 Å². The molecule has 4 aromatic rings. The van der Waals surface area contributed by atoms with Crippen molar-refractivity contribution in [1.82, 2.24) is 24.6 Å². The van der Waals surface area contributed by atoms with Gasteiger partial charge in [0.15, 0.2) is 11.9 Å². The van der Waals surface area contributed by atoms with E-state index in [-0.39, 0.29) is 48.4 Å². The number of benzene rings is 3. The zero-order valence-corrected chi connectivity index (χ0v) is 33.9. The lowest BCUT2D eigenvalue weighted by molar-refractivity contribution is -0.161. The number of carbonyl (C=O) groups is 4. The number of nitrogens with two attached hydrogens (primary N) is 1. The van der Waals surface area contributed by atoms with Crippen LogP contribution in [0.1, 0.15) is 61.1 Å². The topological polar surface area (TPSA) is 182 Å². The molecule has 6 rings (SSSR count). The third-order valence-corrected chi connectivity index (χ3v) is 10.6. The molecule has 0 unspecified atom stereocenters. The number of esters is 2. The third kappa shape index (κ3) is 10.4. The van der Waals surface area contributed by atoms with Crippen LogP contribution in [0.3, 0.4) is 0 Å². The molecule has 320 valence electrons. The number of aromatic amines is 1. The van der Waals surface area contributed by atoms with Crippen LogP contribution in [0.2, 0.25) is 5.02 Å². The summed E-state index contributed by atoms with van der Waals surface area (Å²) in [7, 11) is 0. The second-order valence-corrected chi connectivity index (χ2v) is 15.9. The molecule has 15 nitrogen and oxygen atoms in total. The number of hydrogen-bond donors (Lipinski definition) is 2. The highest BCUT2D eigenvalue weighted by Gasteiger charge is 2.37. The standard InChI is InChI=1S/C41H45ClF3N7O8/c1-40(2,3)37(55)59-24-58-36(54)27-9-11-28(12-10-27)49-17-19-50(20-18-49)35(53)32(23-25-21-30(41(43,44)45)33(46)31(42)22-25)60-39(57)51-15-13-29(14-16-51)52-38(56)47-34(48-52)26-7-5-4-6-8-26/h4-12,21-22,29,32H,13-20,23-24,46H2,1-3H3,(H,47,48,56)/t32-/m1/s1. The SMILES string of the molecule is CC(C)(C)C(=O)OCOC(=O)c1ccc(N2CCN(C(=O)[C@@H](Cc3cc(Cl)c(N)c(C(F)(F)F)c3)OC(=O)N3CCC(n4nc(-c5ccccc5)[nH]c4=O)CC3)CC2)cc1. The number of piperazine rings is 1. The van der Waals surface area contributed by atoms with E-state index in [0.29, 0.717) is 31.8 Å². The van der Waals surface area contributed by atoms with Gasteiger partial charge < -0.3 is 34.6 Å². The number of hydrogen-bond acceptors (Lipinski definition) is 11. The van der Waals surface area contributed by atoms with Crippen LogP contribution < -0.4 is 16.3 Å². The molecule has 2 saturated heterocycles. The van der Waals surface area contributed by atoms with Gasteiger partial charge >= 0.3 is 29.9 Å².